The number of hydrogen-bond donors (Lipinski definition) is 0. The van der Waals surface area contributed by atoms with Gasteiger partial charge in [0.05, 0.1) is 11.9 Å². The summed E-state index contributed by atoms with van der Waals surface area (Å²) < 4.78 is 13.1. The van der Waals surface area contributed by atoms with Crippen molar-refractivity contribution in [1.82, 2.24) is 0 Å². The minimum atomic E-state index is -1.75. The molecule has 22 heavy (non-hydrogen) atoms. The van der Waals surface area contributed by atoms with E-state index in [9.17, 15) is 0 Å². The highest BCUT2D eigenvalue weighted by molar-refractivity contribution is 6.74. The van der Waals surface area contributed by atoms with Crippen LogP contribution in [0, 0.1) is 5.92 Å². The first-order valence-corrected chi connectivity index (χ1v) is 15.1. The molecular weight excluding hydrogens is 304 g/mol. The van der Waals surface area contributed by atoms with Crippen LogP contribution in [0.15, 0.2) is 11.3 Å². The normalized spacial score (nSPS) is 26.8. The number of hydrogen-bond acceptors (Lipinski definition) is 2. The first-order valence-electron chi connectivity index (χ1n) is 8.82. The lowest BCUT2D eigenvalue weighted by Crippen LogP contribution is -2.46. The van der Waals surface area contributed by atoms with E-state index >= 15 is 0 Å². The third kappa shape index (κ3) is 5.24. The van der Waals surface area contributed by atoms with Crippen LogP contribution in [-0.2, 0) is 8.85 Å². The second-order valence-corrected chi connectivity index (χ2v) is 18.6. The largest absolute Gasteiger partial charge is 0.547 e. The van der Waals surface area contributed by atoms with Crippen LogP contribution in [0.4, 0.5) is 0 Å². The SMILES string of the molecule is C/C(O[Si](C)(C)C)=C1/[C@H](C)CCC[C@H]1O[Si](C)(C)C(C)(C)C. The summed E-state index contributed by atoms with van der Waals surface area (Å²) >= 11 is 0. The van der Waals surface area contributed by atoms with Gasteiger partial charge in [0.15, 0.2) is 8.32 Å². The standard InChI is InChI=1S/C18H38O2Si2/c1-14-12-11-13-16(20-22(9,10)18(3,4)5)17(14)15(2)19-21(6,7)8/h14,16H,11-13H2,1-10H3/b17-15+/t14-,16-/m1/s1. The molecule has 0 bridgehead atoms. The maximum Gasteiger partial charge on any atom is 0.241 e. The molecule has 0 aromatic heterocycles. The van der Waals surface area contributed by atoms with Gasteiger partial charge in [-0.3, -0.25) is 0 Å². The van der Waals surface area contributed by atoms with Crippen molar-refractivity contribution in [3.8, 4) is 0 Å². The van der Waals surface area contributed by atoms with E-state index in [0.717, 1.165) is 12.2 Å². The number of rotatable bonds is 4. The quantitative estimate of drug-likeness (QED) is 0.439. The average molecular weight is 343 g/mol. The summed E-state index contributed by atoms with van der Waals surface area (Å²) in [6.45, 7) is 23.0. The lowest BCUT2D eigenvalue weighted by atomic mass is 9.83. The van der Waals surface area contributed by atoms with E-state index in [1.165, 1.54) is 18.4 Å². The van der Waals surface area contributed by atoms with E-state index in [-0.39, 0.29) is 11.1 Å². The van der Waals surface area contributed by atoms with Crippen LogP contribution < -0.4 is 0 Å². The number of allylic oxidation sites excluding steroid dienone is 1. The van der Waals surface area contributed by atoms with Gasteiger partial charge in [0.1, 0.15) is 0 Å². The maximum atomic E-state index is 6.78. The molecule has 130 valence electrons. The molecule has 0 heterocycles. The van der Waals surface area contributed by atoms with Gasteiger partial charge in [-0.25, -0.2) is 0 Å². The molecular formula is C18H38O2Si2. The van der Waals surface area contributed by atoms with Crippen molar-refractivity contribution in [3.63, 3.8) is 0 Å². The topological polar surface area (TPSA) is 18.5 Å². The molecule has 0 spiro atoms. The van der Waals surface area contributed by atoms with Gasteiger partial charge >= 0.3 is 0 Å². The maximum absolute atomic E-state index is 6.78. The Morgan fingerprint density at radius 2 is 1.59 bits per heavy atom. The van der Waals surface area contributed by atoms with Crippen molar-refractivity contribution < 1.29 is 8.85 Å². The minimum Gasteiger partial charge on any atom is -0.547 e. The van der Waals surface area contributed by atoms with Crippen LogP contribution in [0.5, 0.6) is 0 Å². The van der Waals surface area contributed by atoms with Gasteiger partial charge in [0.2, 0.25) is 8.32 Å². The van der Waals surface area contributed by atoms with Gasteiger partial charge in [-0.1, -0.05) is 27.7 Å². The van der Waals surface area contributed by atoms with Gasteiger partial charge in [0, 0.05) is 0 Å². The predicted octanol–water partition coefficient (Wildman–Crippen LogP) is 6.32. The molecule has 0 aromatic rings. The Kier molecular flexibility index (Phi) is 6.19. The smallest absolute Gasteiger partial charge is 0.241 e. The monoisotopic (exact) mass is 342 g/mol. The second kappa shape index (κ2) is 6.82. The van der Waals surface area contributed by atoms with E-state index in [1.54, 1.807) is 0 Å². The van der Waals surface area contributed by atoms with Crippen LogP contribution in [0.1, 0.15) is 53.9 Å². The molecule has 1 aliphatic rings. The fourth-order valence-electron chi connectivity index (χ4n) is 2.98. The average Bonchev–Trinajstić information content (AvgIpc) is 2.23. The van der Waals surface area contributed by atoms with Gasteiger partial charge in [-0.05, 0) is 75.5 Å². The molecule has 0 saturated heterocycles. The summed E-state index contributed by atoms with van der Waals surface area (Å²) in [5.41, 5.74) is 1.44. The van der Waals surface area contributed by atoms with Crippen molar-refractivity contribution in [2.24, 2.45) is 5.92 Å². The predicted molar refractivity (Wildman–Crippen MR) is 102 cm³/mol. The van der Waals surface area contributed by atoms with E-state index < -0.39 is 16.6 Å². The van der Waals surface area contributed by atoms with Crippen molar-refractivity contribution >= 4 is 16.6 Å². The zero-order valence-corrected chi connectivity index (χ0v) is 18.6. The van der Waals surface area contributed by atoms with Crippen LogP contribution in [0.3, 0.4) is 0 Å². The summed E-state index contributed by atoms with van der Waals surface area (Å²) in [5, 5.41) is 0.256. The summed E-state index contributed by atoms with van der Waals surface area (Å²) in [6, 6.07) is 0. The molecule has 1 rings (SSSR count). The van der Waals surface area contributed by atoms with E-state index in [2.05, 4.69) is 67.4 Å². The fourth-order valence-corrected chi connectivity index (χ4v) is 5.33. The van der Waals surface area contributed by atoms with E-state index in [0.29, 0.717) is 5.92 Å². The van der Waals surface area contributed by atoms with Crippen LogP contribution in [0.25, 0.3) is 0 Å². The van der Waals surface area contributed by atoms with Crippen molar-refractivity contribution in [3.05, 3.63) is 11.3 Å². The highest BCUT2D eigenvalue weighted by Gasteiger charge is 2.41. The molecule has 0 unspecified atom stereocenters. The van der Waals surface area contributed by atoms with Gasteiger partial charge in [-0.2, -0.15) is 0 Å². The summed E-state index contributed by atoms with van der Waals surface area (Å²) in [7, 11) is -3.31. The first-order chi connectivity index (χ1) is 9.74. The Labute approximate surface area is 140 Å². The molecule has 2 atom stereocenters. The Morgan fingerprint density at radius 1 is 1.05 bits per heavy atom. The van der Waals surface area contributed by atoms with Crippen LogP contribution >= 0.6 is 0 Å². The summed E-state index contributed by atoms with van der Waals surface area (Å²) in [5.74, 6) is 1.73. The third-order valence-corrected chi connectivity index (χ3v) is 10.5. The minimum absolute atomic E-state index is 0.256. The summed E-state index contributed by atoms with van der Waals surface area (Å²) in [6.07, 6.45) is 3.95. The molecule has 4 heteroatoms. The first kappa shape index (κ1) is 20.0. The molecule has 0 radical (unpaired) electrons. The third-order valence-electron chi connectivity index (χ3n) is 5.09. The molecule has 0 aromatic carbocycles. The highest BCUT2D eigenvalue weighted by Crippen LogP contribution is 2.42. The molecule has 2 nitrogen and oxygen atoms in total. The molecule has 0 N–H and O–H groups in total. The molecule has 1 aliphatic carbocycles. The lowest BCUT2D eigenvalue weighted by molar-refractivity contribution is 0.161. The second-order valence-electron chi connectivity index (χ2n) is 9.42. The van der Waals surface area contributed by atoms with E-state index in [4.69, 9.17) is 8.85 Å². The van der Waals surface area contributed by atoms with E-state index in [1.807, 2.05) is 0 Å². The van der Waals surface area contributed by atoms with Crippen LogP contribution in [-0.4, -0.2) is 22.7 Å². The molecule has 1 fully saturated rings. The van der Waals surface area contributed by atoms with Crippen molar-refractivity contribution in [1.29, 1.82) is 0 Å². The van der Waals surface area contributed by atoms with Gasteiger partial charge in [0.25, 0.3) is 0 Å². The van der Waals surface area contributed by atoms with Crippen LogP contribution in [0.2, 0.25) is 37.8 Å². The Hall–Kier alpha value is -0.0662. The molecule has 1 saturated carbocycles. The van der Waals surface area contributed by atoms with Crippen molar-refractivity contribution in [2.75, 3.05) is 0 Å². The van der Waals surface area contributed by atoms with Gasteiger partial charge < -0.3 is 8.85 Å². The fraction of sp³-hybridized carbons (Fsp3) is 0.889. The molecule has 0 amide bonds. The Balaban J connectivity index is 3.07. The Bertz CT molecular complexity index is 414. The Morgan fingerprint density at radius 3 is 2.05 bits per heavy atom. The zero-order valence-electron chi connectivity index (χ0n) is 16.6. The zero-order chi connectivity index (χ0) is 17.3. The molecule has 0 aliphatic heterocycles. The summed E-state index contributed by atoms with van der Waals surface area (Å²) in [4.78, 5) is 0. The lowest BCUT2D eigenvalue weighted by Gasteiger charge is -2.43. The van der Waals surface area contributed by atoms with Crippen molar-refractivity contribution in [2.45, 2.75) is 97.8 Å². The van der Waals surface area contributed by atoms with Gasteiger partial charge in [-0.15, -0.1) is 0 Å². The highest BCUT2D eigenvalue weighted by atomic mass is 28.4.